The Morgan fingerprint density at radius 2 is 2.10 bits per heavy atom. The molecule has 20 heavy (non-hydrogen) atoms. The van der Waals surface area contributed by atoms with Gasteiger partial charge < -0.3 is 4.90 Å². The fraction of sp³-hybridized carbons (Fsp3) is 0.615. The van der Waals surface area contributed by atoms with Crippen molar-refractivity contribution in [2.45, 2.75) is 29.7 Å². The Kier molecular flexibility index (Phi) is 5.60. The molecule has 1 aromatic heterocycles. The van der Waals surface area contributed by atoms with Gasteiger partial charge in [0.05, 0.1) is 18.0 Å². The van der Waals surface area contributed by atoms with Crippen LogP contribution in [0.5, 0.6) is 0 Å². The third-order valence-corrected chi connectivity index (χ3v) is 5.20. The van der Waals surface area contributed by atoms with E-state index in [9.17, 15) is 4.79 Å². The lowest BCUT2D eigenvalue weighted by Gasteiger charge is -2.36. The Morgan fingerprint density at radius 1 is 1.45 bits per heavy atom. The number of hydrogen-bond acceptors (Lipinski definition) is 2. The SMILES string of the molecule is CC1CC[NH+]([C@H](NC(=O)c2cccs2)C(Cl)(Cl)Cl)CC1. The minimum absolute atomic E-state index is 0.178. The van der Waals surface area contributed by atoms with Crippen molar-refractivity contribution in [1.29, 1.82) is 0 Å². The predicted molar refractivity (Wildman–Crippen MR) is 85.0 cm³/mol. The molecule has 1 aromatic rings. The molecule has 0 unspecified atom stereocenters. The molecule has 2 rings (SSSR count). The Morgan fingerprint density at radius 3 is 2.60 bits per heavy atom. The zero-order chi connectivity index (χ0) is 14.8. The molecule has 0 aromatic carbocycles. The molecule has 0 spiro atoms. The van der Waals surface area contributed by atoms with Crippen LogP contribution in [0, 0.1) is 5.92 Å². The first-order chi connectivity index (χ1) is 9.38. The van der Waals surface area contributed by atoms with Crippen LogP contribution in [-0.4, -0.2) is 29.0 Å². The van der Waals surface area contributed by atoms with Crippen molar-refractivity contribution in [3.8, 4) is 0 Å². The summed E-state index contributed by atoms with van der Waals surface area (Å²) in [5, 5.41) is 4.74. The number of carbonyl (C=O) groups is 1. The van der Waals surface area contributed by atoms with Gasteiger partial charge in [-0.1, -0.05) is 47.8 Å². The van der Waals surface area contributed by atoms with Gasteiger partial charge in [0.15, 0.2) is 0 Å². The number of quaternary nitrogens is 1. The summed E-state index contributed by atoms with van der Waals surface area (Å²) in [7, 11) is 0. The van der Waals surface area contributed by atoms with E-state index in [0.717, 1.165) is 30.8 Å². The molecule has 112 valence electrons. The van der Waals surface area contributed by atoms with Gasteiger partial charge in [0.25, 0.3) is 9.70 Å². The first-order valence-electron chi connectivity index (χ1n) is 6.63. The van der Waals surface area contributed by atoms with Gasteiger partial charge in [-0.15, -0.1) is 11.3 Å². The second kappa shape index (κ2) is 6.84. The number of nitrogens with one attached hydrogen (secondary N) is 2. The highest BCUT2D eigenvalue weighted by Gasteiger charge is 2.43. The summed E-state index contributed by atoms with van der Waals surface area (Å²) in [6.07, 6.45) is 1.65. The molecule has 0 bridgehead atoms. The third kappa shape index (κ3) is 4.25. The van der Waals surface area contributed by atoms with E-state index < -0.39 is 9.96 Å². The van der Waals surface area contributed by atoms with Gasteiger partial charge in [0, 0.05) is 0 Å². The molecular formula is C13H18Cl3N2OS+. The molecule has 0 saturated carbocycles. The highest BCUT2D eigenvalue weighted by Crippen LogP contribution is 2.28. The topological polar surface area (TPSA) is 33.5 Å². The summed E-state index contributed by atoms with van der Waals surface area (Å²) in [6.45, 7) is 4.04. The Bertz CT molecular complexity index is 439. The third-order valence-electron chi connectivity index (χ3n) is 3.67. The van der Waals surface area contributed by atoms with Gasteiger partial charge in [-0.2, -0.15) is 0 Å². The average Bonchev–Trinajstić information content (AvgIpc) is 2.89. The van der Waals surface area contributed by atoms with Gasteiger partial charge in [0.2, 0.25) is 6.17 Å². The minimum atomic E-state index is -1.51. The zero-order valence-electron chi connectivity index (χ0n) is 11.2. The van der Waals surface area contributed by atoms with Gasteiger partial charge >= 0.3 is 0 Å². The fourth-order valence-corrected chi connectivity index (χ4v) is 3.70. The van der Waals surface area contributed by atoms with Crippen LogP contribution in [0.1, 0.15) is 29.4 Å². The van der Waals surface area contributed by atoms with E-state index in [1.165, 1.54) is 11.3 Å². The van der Waals surface area contributed by atoms with E-state index in [2.05, 4.69) is 12.2 Å². The Hall–Kier alpha value is -0.000000000000000111. The number of rotatable bonds is 3. The maximum atomic E-state index is 12.2. The second-order valence-electron chi connectivity index (χ2n) is 5.27. The summed E-state index contributed by atoms with van der Waals surface area (Å²) in [4.78, 5) is 13.9. The van der Waals surface area contributed by atoms with Crippen LogP contribution in [0.4, 0.5) is 0 Å². The smallest absolute Gasteiger partial charge is 0.265 e. The lowest BCUT2D eigenvalue weighted by molar-refractivity contribution is -0.932. The van der Waals surface area contributed by atoms with E-state index in [4.69, 9.17) is 34.8 Å². The fourth-order valence-electron chi connectivity index (χ4n) is 2.45. The van der Waals surface area contributed by atoms with Gasteiger partial charge in [0.1, 0.15) is 0 Å². The maximum Gasteiger partial charge on any atom is 0.265 e. The zero-order valence-corrected chi connectivity index (χ0v) is 14.2. The quantitative estimate of drug-likeness (QED) is 0.802. The second-order valence-corrected chi connectivity index (χ2v) is 8.58. The highest BCUT2D eigenvalue weighted by atomic mass is 35.6. The van der Waals surface area contributed by atoms with Crippen LogP contribution in [-0.2, 0) is 0 Å². The molecule has 1 aliphatic rings. The lowest BCUT2D eigenvalue weighted by Crippen LogP contribution is -3.20. The predicted octanol–water partition coefficient (Wildman–Crippen LogP) is 2.49. The van der Waals surface area contributed by atoms with Gasteiger partial charge in [-0.3, -0.25) is 10.1 Å². The van der Waals surface area contributed by atoms with E-state index in [1.807, 2.05) is 11.4 Å². The number of carbonyl (C=O) groups excluding carboxylic acids is 1. The van der Waals surface area contributed by atoms with Gasteiger partial charge in [-0.05, 0) is 30.2 Å². The molecule has 0 aliphatic carbocycles. The van der Waals surface area contributed by atoms with E-state index in [0.29, 0.717) is 10.8 Å². The number of alkyl halides is 3. The van der Waals surface area contributed by atoms with Crippen molar-refractivity contribution >= 4 is 52.0 Å². The van der Waals surface area contributed by atoms with E-state index >= 15 is 0 Å². The van der Waals surface area contributed by atoms with Crippen molar-refractivity contribution in [2.24, 2.45) is 5.92 Å². The first-order valence-corrected chi connectivity index (χ1v) is 8.65. The van der Waals surface area contributed by atoms with Crippen molar-refractivity contribution in [1.82, 2.24) is 5.32 Å². The summed E-state index contributed by atoms with van der Waals surface area (Å²) >= 11 is 19.6. The lowest BCUT2D eigenvalue weighted by atomic mass is 9.99. The van der Waals surface area contributed by atoms with Crippen LogP contribution in [0.3, 0.4) is 0 Å². The molecule has 1 atom stereocenters. The molecule has 1 amide bonds. The van der Waals surface area contributed by atoms with Crippen molar-refractivity contribution < 1.29 is 9.69 Å². The standard InChI is InChI=1S/C13H17Cl3N2OS/c1-9-4-6-18(7-5-9)12(13(14,15)16)17-11(19)10-3-2-8-20-10/h2-3,8-9,12H,4-7H2,1H3,(H,17,19)/p+1/t12-/m0/s1. The molecule has 7 heteroatoms. The van der Waals surface area contributed by atoms with Crippen LogP contribution in [0.2, 0.25) is 0 Å². The number of amides is 1. The number of likely N-dealkylation sites (tertiary alicyclic amines) is 1. The average molecular weight is 357 g/mol. The van der Waals surface area contributed by atoms with Crippen molar-refractivity contribution in [3.05, 3.63) is 22.4 Å². The van der Waals surface area contributed by atoms with E-state index in [1.54, 1.807) is 6.07 Å². The van der Waals surface area contributed by atoms with E-state index in [-0.39, 0.29) is 5.91 Å². The molecule has 2 N–H and O–H groups in total. The maximum absolute atomic E-state index is 12.2. The summed E-state index contributed by atoms with van der Waals surface area (Å²) < 4.78 is -1.51. The van der Waals surface area contributed by atoms with Crippen LogP contribution in [0.25, 0.3) is 0 Å². The van der Waals surface area contributed by atoms with Crippen molar-refractivity contribution in [3.63, 3.8) is 0 Å². The minimum Gasteiger partial charge on any atom is -0.312 e. The number of halogens is 3. The summed E-state index contributed by atoms with van der Waals surface area (Å²) in [6, 6.07) is 3.60. The molecule has 0 radical (unpaired) electrons. The summed E-state index contributed by atoms with van der Waals surface area (Å²) in [5.74, 6) is 0.519. The molecule has 1 fully saturated rings. The monoisotopic (exact) mass is 355 g/mol. The summed E-state index contributed by atoms with van der Waals surface area (Å²) in [5.41, 5.74) is 0. The highest BCUT2D eigenvalue weighted by molar-refractivity contribution is 7.12. The molecule has 3 nitrogen and oxygen atoms in total. The van der Waals surface area contributed by atoms with Crippen LogP contribution in [0.15, 0.2) is 17.5 Å². The molecule has 2 heterocycles. The largest absolute Gasteiger partial charge is 0.312 e. The van der Waals surface area contributed by atoms with Crippen LogP contribution >= 0.6 is 46.1 Å². The molecule has 1 saturated heterocycles. The molecular weight excluding hydrogens is 339 g/mol. The number of piperidine rings is 1. The number of hydrogen-bond donors (Lipinski definition) is 2. The van der Waals surface area contributed by atoms with Crippen LogP contribution < -0.4 is 10.2 Å². The molecule has 1 aliphatic heterocycles. The normalized spacial score (nSPS) is 25.2. The number of thiophene rings is 1. The van der Waals surface area contributed by atoms with Crippen molar-refractivity contribution in [2.75, 3.05) is 13.1 Å². The first kappa shape index (κ1) is 16.4. The Labute approximate surface area is 138 Å². The van der Waals surface area contributed by atoms with Gasteiger partial charge in [-0.25, -0.2) is 0 Å². The Balaban J connectivity index is 2.06.